The molecule has 0 aliphatic rings. The summed E-state index contributed by atoms with van der Waals surface area (Å²) >= 11 is 12.0. The number of halogens is 2. The maximum atomic E-state index is 9.95. The largest absolute Gasteiger partial charge is 0.385 e. The summed E-state index contributed by atoms with van der Waals surface area (Å²) in [7, 11) is 0. The molecule has 0 fully saturated rings. The Morgan fingerprint density at radius 1 is 1.14 bits per heavy atom. The lowest BCUT2D eigenvalue weighted by Gasteiger charge is -2.11. The fourth-order valence-electron chi connectivity index (χ4n) is 2.40. The van der Waals surface area contributed by atoms with Gasteiger partial charge in [-0.3, -0.25) is 0 Å². The SMILES string of the molecule is C[C@@H](O)c1nc2ccccc2n1Cc1ccc(Cl)c(Cl)c1. The number of para-hydroxylation sites is 2. The van der Waals surface area contributed by atoms with Crippen molar-refractivity contribution in [2.75, 3.05) is 0 Å². The Hall–Kier alpha value is -1.55. The van der Waals surface area contributed by atoms with Crippen molar-refractivity contribution in [3.8, 4) is 0 Å². The highest BCUT2D eigenvalue weighted by Gasteiger charge is 2.15. The molecule has 3 rings (SSSR count). The fourth-order valence-corrected chi connectivity index (χ4v) is 2.72. The minimum Gasteiger partial charge on any atom is -0.385 e. The predicted octanol–water partition coefficient (Wildman–Crippen LogP) is 4.44. The van der Waals surface area contributed by atoms with E-state index < -0.39 is 6.10 Å². The number of hydrogen-bond acceptors (Lipinski definition) is 2. The Labute approximate surface area is 132 Å². The van der Waals surface area contributed by atoms with E-state index in [0.29, 0.717) is 22.4 Å². The Morgan fingerprint density at radius 3 is 2.62 bits per heavy atom. The van der Waals surface area contributed by atoms with Crippen LogP contribution in [0.3, 0.4) is 0 Å². The number of nitrogens with zero attached hydrogens (tertiary/aromatic N) is 2. The topological polar surface area (TPSA) is 38.1 Å². The molecule has 0 bridgehead atoms. The van der Waals surface area contributed by atoms with E-state index in [2.05, 4.69) is 4.98 Å². The van der Waals surface area contributed by atoms with Crippen LogP contribution in [0.2, 0.25) is 10.0 Å². The monoisotopic (exact) mass is 320 g/mol. The normalized spacial score (nSPS) is 12.8. The lowest BCUT2D eigenvalue weighted by Crippen LogP contribution is -2.08. The predicted molar refractivity (Wildman–Crippen MR) is 85.9 cm³/mol. The molecule has 0 unspecified atom stereocenters. The molecule has 2 aromatic carbocycles. The molecule has 108 valence electrons. The molecule has 0 amide bonds. The third-order valence-corrected chi connectivity index (χ3v) is 4.12. The van der Waals surface area contributed by atoms with Gasteiger partial charge >= 0.3 is 0 Å². The van der Waals surface area contributed by atoms with Crippen molar-refractivity contribution in [2.45, 2.75) is 19.6 Å². The van der Waals surface area contributed by atoms with E-state index in [4.69, 9.17) is 23.2 Å². The summed E-state index contributed by atoms with van der Waals surface area (Å²) in [6.45, 7) is 2.30. The van der Waals surface area contributed by atoms with Crippen molar-refractivity contribution < 1.29 is 5.11 Å². The van der Waals surface area contributed by atoms with Crippen LogP contribution in [-0.2, 0) is 6.54 Å². The average molecular weight is 321 g/mol. The maximum Gasteiger partial charge on any atom is 0.138 e. The molecular weight excluding hydrogens is 307 g/mol. The van der Waals surface area contributed by atoms with Gasteiger partial charge in [-0.05, 0) is 36.8 Å². The maximum absolute atomic E-state index is 9.95. The van der Waals surface area contributed by atoms with Crippen LogP contribution in [0.15, 0.2) is 42.5 Å². The second-order valence-corrected chi connectivity index (χ2v) is 5.78. The number of aliphatic hydroxyl groups excluding tert-OH is 1. The van der Waals surface area contributed by atoms with Gasteiger partial charge in [0.15, 0.2) is 0 Å². The fraction of sp³-hybridized carbons (Fsp3) is 0.188. The number of hydrogen-bond donors (Lipinski definition) is 1. The number of aromatic nitrogens is 2. The van der Waals surface area contributed by atoms with E-state index in [9.17, 15) is 5.11 Å². The molecule has 3 aromatic rings. The third-order valence-electron chi connectivity index (χ3n) is 3.38. The van der Waals surface area contributed by atoms with Gasteiger partial charge in [-0.1, -0.05) is 41.4 Å². The molecule has 0 aliphatic carbocycles. The highest BCUT2D eigenvalue weighted by atomic mass is 35.5. The van der Waals surface area contributed by atoms with Gasteiger partial charge in [-0.25, -0.2) is 4.98 Å². The summed E-state index contributed by atoms with van der Waals surface area (Å²) in [5, 5.41) is 11.0. The van der Waals surface area contributed by atoms with Gasteiger partial charge in [0.25, 0.3) is 0 Å². The average Bonchev–Trinajstić information content (AvgIpc) is 2.82. The lowest BCUT2D eigenvalue weighted by atomic mass is 10.2. The molecule has 5 heteroatoms. The summed E-state index contributed by atoms with van der Waals surface area (Å²) < 4.78 is 2.00. The van der Waals surface area contributed by atoms with E-state index in [0.717, 1.165) is 16.6 Å². The van der Waals surface area contributed by atoms with E-state index in [1.165, 1.54) is 0 Å². The van der Waals surface area contributed by atoms with Crippen molar-refractivity contribution in [2.24, 2.45) is 0 Å². The molecular formula is C16H14Cl2N2O. The van der Waals surface area contributed by atoms with Gasteiger partial charge in [0.2, 0.25) is 0 Å². The van der Waals surface area contributed by atoms with E-state index in [-0.39, 0.29) is 0 Å². The third kappa shape index (κ3) is 2.77. The quantitative estimate of drug-likeness (QED) is 0.774. The molecule has 0 aliphatic heterocycles. The van der Waals surface area contributed by atoms with Crippen molar-refractivity contribution >= 4 is 34.2 Å². The molecule has 1 atom stereocenters. The summed E-state index contributed by atoms with van der Waals surface area (Å²) in [6, 6.07) is 13.4. The lowest BCUT2D eigenvalue weighted by molar-refractivity contribution is 0.185. The number of aliphatic hydroxyl groups is 1. The number of rotatable bonds is 3. The number of fused-ring (bicyclic) bond motifs is 1. The Kier molecular flexibility index (Phi) is 3.89. The van der Waals surface area contributed by atoms with Crippen LogP contribution in [0, 0.1) is 0 Å². The first-order valence-electron chi connectivity index (χ1n) is 6.63. The summed E-state index contributed by atoms with van der Waals surface area (Å²) in [4.78, 5) is 4.50. The van der Waals surface area contributed by atoms with Crippen LogP contribution in [0.5, 0.6) is 0 Å². The Bertz CT molecular complexity index is 796. The number of benzene rings is 2. The molecule has 1 N–H and O–H groups in total. The van der Waals surface area contributed by atoms with Crippen molar-refractivity contribution in [1.82, 2.24) is 9.55 Å². The van der Waals surface area contributed by atoms with Crippen LogP contribution in [0.25, 0.3) is 11.0 Å². The van der Waals surface area contributed by atoms with E-state index >= 15 is 0 Å². The van der Waals surface area contributed by atoms with Crippen LogP contribution in [0.4, 0.5) is 0 Å². The smallest absolute Gasteiger partial charge is 0.138 e. The zero-order chi connectivity index (χ0) is 15.0. The van der Waals surface area contributed by atoms with Gasteiger partial charge in [-0.15, -0.1) is 0 Å². The zero-order valence-corrected chi connectivity index (χ0v) is 12.9. The first-order chi connectivity index (χ1) is 10.1. The van der Waals surface area contributed by atoms with Crippen LogP contribution < -0.4 is 0 Å². The molecule has 1 aromatic heterocycles. The minimum absolute atomic E-state index is 0.525. The molecule has 0 spiro atoms. The molecule has 0 saturated heterocycles. The molecule has 1 heterocycles. The Balaban J connectivity index is 2.10. The van der Waals surface area contributed by atoms with E-state index in [1.807, 2.05) is 41.0 Å². The van der Waals surface area contributed by atoms with Gasteiger partial charge in [0.1, 0.15) is 11.9 Å². The van der Waals surface area contributed by atoms with Crippen LogP contribution in [0.1, 0.15) is 24.4 Å². The van der Waals surface area contributed by atoms with E-state index in [1.54, 1.807) is 13.0 Å². The minimum atomic E-state index is -0.639. The number of imidazole rings is 1. The van der Waals surface area contributed by atoms with Crippen molar-refractivity contribution in [1.29, 1.82) is 0 Å². The van der Waals surface area contributed by atoms with Crippen LogP contribution >= 0.6 is 23.2 Å². The summed E-state index contributed by atoms with van der Waals surface area (Å²) in [6.07, 6.45) is -0.639. The highest BCUT2D eigenvalue weighted by Crippen LogP contribution is 2.26. The second kappa shape index (κ2) is 5.68. The standard InChI is InChI=1S/C16H14Cl2N2O/c1-10(21)16-19-14-4-2-3-5-15(14)20(16)9-11-6-7-12(17)13(18)8-11/h2-8,10,21H,9H2,1H3/t10-/m1/s1. The zero-order valence-electron chi connectivity index (χ0n) is 11.4. The molecule has 3 nitrogen and oxygen atoms in total. The molecule has 0 saturated carbocycles. The van der Waals surface area contributed by atoms with Gasteiger partial charge in [-0.2, -0.15) is 0 Å². The first-order valence-corrected chi connectivity index (χ1v) is 7.39. The van der Waals surface area contributed by atoms with Crippen molar-refractivity contribution in [3.63, 3.8) is 0 Å². The van der Waals surface area contributed by atoms with Gasteiger partial charge in [0.05, 0.1) is 21.1 Å². The second-order valence-electron chi connectivity index (χ2n) is 4.97. The molecule has 21 heavy (non-hydrogen) atoms. The van der Waals surface area contributed by atoms with Gasteiger partial charge < -0.3 is 9.67 Å². The Morgan fingerprint density at radius 2 is 1.90 bits per heavy atom. The highest BCUT2D eigenvalue weighted by molar-refractivity contribution is 6.42. The summed E-state index contributed by atoms with van der Waals surface area (Å²) in [5.74, 6) is 0.641. The van der Waals surface area contributed by atoms with Gasteiger partial charge in [0, 0.05) is 6.54 Å². The molecule has 0 radical (unpaired) electrons. The first kappa shape index (κ1) is 14.4. The van der Waals surface area contributed by atoms with Crippen molar-refractivity contribution in [3.05, 3.63) is 63.9 Å². The summed E-state index contributed by atoms with van der Waals surface area (Å²) in [5.41, 5.74) is 2.86. The van der Waals surface area contributed by atoms with Crippen LogP contribution in [-0.4, -0.2) is 14.7 Å².